The molecule has 19 heavy (non-hydrogen) atoms. The van der Waals surface area contributed by atoms with Crippen LogP contribution in [0.3, 0.4) is 0 Å². The van der Waals surface area contributed by atoms with Crippen LogP contribution in [0.2, 0.25) is 0 Å². The van der Waals surface area contributed by atoms with Crippen LogP contribution in [0.1, 0.15) is 17.4 Å². The third kappa shape index (κ3) is 3.72. The minimum absolute atomic E-state index is 0.795. The summed E-state index contributed by atoms with van der Waals surface area (Å²) in [6, 6.07) is 10.2. The van der Waals surface area contributed by atoms with Crippen molar-refractivity contribution in [3.05, 3.63) is 46.2 Å². The Bertz CT molecular complexity index is 511. The summed E-state index contributed by atoms with van der Waals surface area (Å²) in [6.07, 6.45) is 0. The van der Waals surface area contributed by atoms with Crippen LogP contribution >= 0.6 is 11.3 Å². The highest BCUT2D eigenvalue weighted by Gasteiger charge is 2.08. The Balaban J connectivity index is 2.05. The van der Waals surface area contributed by atoms with Crippen LogP contribution < -0.4 is 10.5 Å². The Kier molecular flexibility index (Phi) is 4.82. The molecule has 0 unspecified atom stereocenters. The lowest BCUT2D eigenvalue weighted by atomic mass is 10.1. The van der Waals surface area contributed by atoms with Crippen molar-refractivity contribution in [2.45, 2.75) is 20.0 Å². The number of methoxy groups -OCH3 is 1. The maximum atomic E-state index is 6.07. The summed E-state index contributed by atoms with van der Waals surface area (Å²) >= 11 is 1.79. The molecule has 0 radical (unpaired) electrons. The second-order valence-electron chi connectivity index (χ2n) is 4.45. The number of hydrogen-bond acceptors (Lipinski definition) is 4. The van der Waals surface area contributed by atoms with Crippen molar-refractivity contribution in [3.8, 4) is 5.75 Å². The van der Waals surface area contributed by atoms with E-state index in [9.17, 15) is 0 Å². The summed E-state index contributed by atoms with van der Waals surface area (Å²) in [5.74, 6) is 0.808. The highest BCUT2D eigenvalue weighted by Crippen LogP contribution is 2.22. The van der Waals surface area contributed by atoms with Gasteiger partial charge in [0.25, 0.3) is 0 Å². The summed E-state index contributed by atoms with van der Waals surface area (Å²) in [4.78, 5) is 3.76. The lowest BCUT2D eigenvalue weighted by Gasteiger charge is -2.20. The number of nitrogens with zero attached hydrogens (tertiary/aromatic N) is 1. The average molecular weight is 276 g/mol. The van der Waals surface area contributed by atoms with Gasteiger partial charge in [0.15, 0.2) is 0 Å². The summed E-state index contributed by atoms with van der Waals surface area (Å²) in [5.41, 5.74) is 8.02. The minimum Gasteiger partial charge on any atom is -0.497 e. The zero-order valence-corrected chi connectivity index (χ0v) is 12.2. The number of benzene rings is 1. The summed E-state index contributed by atoms with van der Waals surface area (Å²) in [6.45, 7) is 5.01. The number of hydrogen-bond donors (Lipinski definition) is 1. The van der Waals surface area contributed by atoms with Crippen LogP contribution in [0.25, 0.3) is 0 Å². The first kappa shape index (κ1) is 13.9. The number of rotatable bonds is 6. The molecule has 0 spiro atoms. The van der Waals surface area contributed by atoms with Gasteiger partial charge in [-0.15, -0.1) is 11.3 Å². The van der Waals surface area contributed by atoms with Crippen molar-refractivity contribution in [1.82, 2.24) is 4.90 Å². The molecule has 2 rings (SSSR count). The minimum atomic E-state index is 0.795. The van der Waals surface area contributed by atoms with E-state index in [0.29, 0.717) is 0 Å². The fourth-order valence-corrected chi connectivity index (χ4v) is 2.73. The SMILES string of the molecule is CCN(Cc1cccs1)Cc1ccc(OC)cc1N. The predicted molar refractivity (Wildman–Crippen MR) is 81.5 cm³/mol. The molecule has 0 saturated heterocycles. The fourth-order valence-electron chi connectivity index (χ4n) is 1.99. The molecule has 0 aliphatic rings. The van der Waals surface area contributed by atoms with Crippen LogP contribution in [-0.2, 0) is 13.1 Å². The van der Waals surface area contributed by atoms with E-state index >= 15 is 0 Å². The lowest BCUT2D eigenvalue weighted by Crippen LogP contribution is -2.22. The highest BCUT2D eigenvalue weighted by atomic mass is 32.1. The smallest absolute Gasteiger partial charge is 0.120 e. The molecule has 2 N–H and O–H groups in total. The number of nitrogen functional groups attached to an aromatic ring is 1. The Morgan fingerprint density at radius 3 is 2.68 bits per heavy atom. The van der Waals surface area contributed by atoms with Gasteiger partial charge in [-0.25, -0.2) is 0 Å². The molecule has 0 saturated carbocycles. The fraction of sp³-hybridized carbons (Fsp3) is 0.333. The van der Waals surface area contributed by atoms with Gasteiger partial charge in [-0.3, -0.25) is 4.90 Å². The number of ether oxygens (including phenoxy) is 1. The van der Waals surface area contributed by atoms with Crippen molar-refractivity contribution in [2.75, 3.05) is 19.4 Å². The maximum absolute atomic E-state index is 6.07. The van der Waals surface area contributed by atoms with Crippen LogP contribution in [0.5, 0.6) is 5.75 Å². The van der Waals surface area contributed by atoms with E-state index in [4.69, 9.17) is 10.5 Å². The molecule has 1 aromatic carbocycles. The largest absolute Gasteiger partial charge is 0.497 e. The zero-order valence-electron chi connectivity index (χ0n) is 11.4. The standard InChI is InChI=1S/C15H20N2OS/c1-3-17(11-14-5-4-8-19-14)10-12-6-7-13(18-2)9-15(12)16/h4-9H,3,10-11,16H2,1-2H3. The second-order valence-corrected chi connectivity index (χ2v) is 5.48. The number of nitrogens with two attached hydrogens (primary N) is 1. The van der Waals surface area contributed by atoms with E-state index in [-0.39, 0.29) is 0 Å². The van der Waals surface area contributed by atoms with Gasteiger partial charge in [0.1, 0.15) is 5.75 Å². The van der Waals surface area contributed by atoms with Gasteiger partial charge in [-0.05, 0) is 29.6 Å². The third-order valence-corrected chi connectivity index (χ3v) is 4.01. The van der Waals surface area contributed by atoms with Crippen molar-refractivity contribution in [3.63, 3.8) is 0 Å². The molecule has 0 amide bonds. The van der Waals surface area contributed by atoms with E-state index in [1.807, 2.05) is 18.2 Å². The van der Waals surface area contributed by atoms with E-state index < -0.39 is 0 Å². The average Bonchev–Trinajstić information content (AvgIpc) is 2.92. The molecule has 102 valence electrons. The molecule has 0 bridgehead atoms. The summed E-state index contributed by atoms with van der Waals surface area (Å²) < 4.78 is 5.17. The van der Waals surface area contributed by atoms with Gasteiger partial charge in [0.05, 0.1) is 7.11 Å². The topological polar surface area (TPSA) is 38.5 Å². The molecular formula is C15H20N2OS. The van der Waals surface area contributed by atoms with Crippen LogP contribution in [-0.4, -0.2) is 18.6 Å². The predicted octanol–water partition coefficient (Wildman–Crippen LogP) is 3.36. The van der Waals surface area contributed by atoms with Gasteiger partial charge >= 0.3 is 0 Å². The monoisotopic (exact) mass is 276 g/mol. The Labute approximate surface area is 118 Å². The molecule has 2 aromatic rings. The maximum Gasteiger partial charge on any atom is 0.120 e. The first-order chi connectivity index (χ1) is 9.22. The third-order valence-electron chi connectivity index (χ3n) is 3.15. The second kappa shape index (κ2) is 6.59. The number of anilines is 1. The van der Waals surface area contributed by atoms with E-state index in [1.54, 1.807) is 18.4 Å². The Hall–Kier alpha value is -1.52. The first-order valence-corrected chi connectivity index (χ1v) is 7.28. The molecule has 1 aromatic heterocycles. The molecule has 3 nitrogen and oxygen atoms in total. The van der Waals surface area contributed by atoms with Crippen molar-refractivity contribution in [2.24, 2.45) is 0 Å². The van der Waals surface area contributed by atoms with Crippen LogP contribution in [0.4, 0.5) is 5.69 Å². The van der Waals surface area contributed by atoms with Gasteiger partial charge in [0.2, 0.25) is 0 Å². The van der Waals surface area contributed by atoms with E-state index in [0.717, 1.165) is 36.6 Å². The van der Waals surface area contributed by atoms with Crippen molar-refractivity contribution in [1.29, 1.82) is 0 Å². The van der Waals surface area contributed by atoms with Crippen LogP contribution in [0.15, 0.2) is 35.7 Å². The van der Waals surface area contributed by atoms with Gasteiger partial charge in [0, 0.05) is 29.7 Å². The van der Waals surface area contributed by atoms with E-state index in [2.05, 4.69) is 29.3 Å². The highest BCUT2D eigenvalue weighted by molar-refractivity contribution is 7.09. The molecular weight excluding hydrogens is 256 g/mol. The lowest BCUT2D eigenvalue weighted by molar-refractivity contribution is 0.274. The molecule has 0 atom stereocenters. The quantitative estimate of drug-likeness (QED) is 0.822. The molecule has 0 fully saturated rings. The van der Waals surface area contributed by atoms with Crippen molar-refractivity contribution < 1.29 is 4.74 Å². The van der Waals surface area contributed by atoms with Gasteiger partial charge < -0.3 is 10.5 Å². The normalized spacial score (nSPS) is 10.9. The first-order valence-electron chi connectivity index (χ1n) is 6.40. The summed E-state index contributed by atoms with van der Waals surface area (Å²) in [7, 11) is 1.66. The van der Waals surface area contributed by atoms with E-state index in [1.165, 1.54) is 4.88 Å². The molecule has 0 aliphatic heterocycles. The molecule has 4 heteroatoms. The number of thiophene rings is 1. The Morgan fingerprint density at radius 2 is 2.11 bits per heavy atom. The Morgan fingerprint density at radius 1 is 1.26 bits per heavy atom. The summed E-state index contributed by atoms with van der Waals surface area (Å²) in [5, 5.41) is 2.12. The van der Waals surface area contributed by atoms with Crippen LogP contribution in [0, 0.1) is 0 Å². The van der Waals surface area contributed by atoms with Gasteiger partial charge in [-0.2, -0.15) is 0 Å². The zero-order chi connectivity index (χ0) is 13.7. The molecule has 1 heterocycles. The van der Waals surface area contributed by atoms with Gasteiger partial charge in [-0.1, -0.05) is 19.1 Å². The molecule has 0 aliphatic carbocycles. The van der Waals surface area contributed by atoms with Crippen molar-refractivity contribution >= 4 is 17.0 Å².